The molecule has 1 N–H and O–H groups in total. The van der Waals surface area contributed by atoms with E-state index in [0.29, 0.717) is 12.0 Å². The molecule has 0 heterocycles. The molecule has 100 valence electrons. The van der Waals surface area contributed by atoms with Crippen LogP contribution in [0.15, 0.2) is 0 Å². The molecule has 0 saturated heterocycles. The summed E-state index contributed by atoms with van der Waals surface area (Å²) in [5.74, 6) is 0. The molecule has 0 aliphatic heterocycles. The quantitative estimate of drug-likeness (QED) is 0.646. The van der Waals surface area contributed by atoms with Gasteiger partial charge in [0.25, 0.3) is 0 Å². The second-order valence-electron chi connectivity index (χ2n) is 4.32. The SMILES string of the molecule is CC.CC.CCCCCC1(CO)CCCC1. The Balaban J connectivity index is 0. The van der Waals surface area contributed by atoms with E-state index < -0.39 is 0 Å². The van der Waals surface area contributed by atoms with Gasteiger partial charge in [-0.15, -0.1) is 0 Å². The zero-order chi connectivity index (χ0) is 12.9. The fraction of sp³-hybridized carbons (Fsp3) is 1.00. The van der Waals surface area contributed by atoms with Crippen molar-refractivity contribution in [2.45, 2.75) is 86.0 Å². The summed E-state index contributed by atoms with van der Waals surface area (Å²) < 4.78 is 0. The number of aliphatic hydroxyl groups is 1. The third kappa shape index (κ3) is 7.27. The van der Waals surface area contributed by atoms with Crippen molar-refractivity contribution in [3.8, 4) is 0 Å². The molecule has 1 heteroatoms. The van der Waals surface area contributed by atoms with E-state index >= 15 is 0 Å². The first-order valence-corrected chi connectivity index (χ1v) is 7.44. The van der Waals surface area contributed by atoms with Crippen LogP contribution >= 0.6 is 0 Å². The number of unbranched alkanes of at least 4 members (excludes halogenated alkanes) is 2. The molecule has 0 atom stereocenters. The fourth-order valence-corrected chi connectivity index (χ4v) is 2.36. The van der Waals surface area contributed by atoms with Gasteiger partial charge >= 0.3 is 0 Å². The predicted molar refractivity (Wildman–Crippen MR) is 74.8 cm³/mol. The number of aliphatic hydroxyl groups excluding tert-OH is 1. The molecule has 0 aromatic carbocycles. The molecule has 1 rings (SSSR count). The van der Waals surface area contributed by atoms with Gasteiger partial charge in [0.1, 0.15) is 0 Å². The molecule has 1 fully saturated rings. The summed E-state index contributed by atoms with van der Waals surface area (Å²) >= 11 is 0. The van der Waals surface area contributed by atoms with Crippen molar-refractivity contribution >= 4 is 0 Å². The highest BCUT2D eigenvalue weighted by molar-refractivity contribution is 4.83. The van der Waals surface area contributed by atoms with E-state index in [-0.39, 0.29) is 0 Å². The zero-order valence-corrected chi connectivity index (χ0v) is 12.3. The van der Waals surface area contributed by atoms with Crippen LogP contribution in [-0.4, -0.2) is 11.7 Å². The first-order valence-electron chi connectivity index (χ1n) is 7.44. The summed E-state index contributed by atoms with van der Waals surface area (Å²) in [4.78, 5) is 0. The fourth-order valence-electron chi connectivity index (χ4n) is 2.36. The molecule has 0 unspecified atom stereocenters. The van der Waals surface area contributed by atoms with Crippen molar-refractivity contribution in [3.63, 3.8) is 0 Å². The van der Waals surface area contributed by atoms with Crippen LogP contribution in [-0.2, 0) is 0 Å². The van der Waals surface area contributed by atoms with Gasteiger partial charge in [0.05, 0.1) is 0 Å². The summed E-state index contributed by atoms with van der Waals surface area (Å²) in [6.07, 6.45) is 10.4. The van der Waals surface area contributed by atoms with Crippen LogP contribution in [0.25, 0.3) is 0 Å². The molecule has 0 aromatic rings. The van der Waals surface area contributed by atoms with E-state index in [9.17, 15) is 5.11 Å². The minimum Gasteiger partial charge on any atom is -0.396 e. The summed E-state index contributed by atoms with van der Waals surface area (Å²) in [5.41, 5.74) is 0.342. The third-order valence-electron chi connectivity index (χ3n) is 3.31. The monoisotopic (exact) mass is 230 g/mol. The molecule has 0 amide bonds. The van der Waals surface area contributed by atoms with Crippen molar-refractivity contribution < 1.29 is 5.11 Å². The van der Waals surface area contributed by atoms with E-state index in [4.69, 9.17) is 0 Å². The van der Waals surface area contributed by atoms with E-state index in [2.05, 4.69) is 6.92 Å². The highest BCUT2D eigenvalue weighted by Crippen LogP contribution is 2.41. The summed E-state index contributed by atoms with van der Waals surface area (Å²) in [5, 5.41) is 9.32. The van der Waals surface area contributed by atoms with Crippen LogP contribution in [0.2, 0.25) is 0 Å². The average molecular weight is 230 g/mol. The maximum atomic E-state index is 9.32. The second kappa shape index (κ2) is 13.0. The van der Waals surface area contributed by atoms with Crippen LogP contribution in [0.5, 0.6) is 0 Å². The summed E-state index contributed by atoms with van der Waals surface area (Å²) in [6.45, 7) is 10.7. The van der Waals surface area contributed by atoms with E-state index in [1.807, 2.05) is 27.7 Å². The third-order valence-corrected chi connectivity index (χ3v) is 3.31. The highest BCUT2D eigenvalue weighted by Gasteiger charge is 2.31. The summed E-state index contributed by atoms with van der Waals surface area (Å²) in [7, 11) is 0. The van der Waals surface area contributed by atoms with Gasteiger partial charge in [-0.1, -0.05) is 66.7 Å². The van der Waals surface area contributed by atoms with Crippen molar-refractivity contribution in [3.05, 3.63) is 0 Å². The van der Waals surface area contributed by atoms with Crippen LogP contribution in [0.3, 0.4) is 0 Å². The lowest BCUT2D eigenvalue weighted by molar-refractivity contribution is 0.118. The van der Waals surface area contributed by atoms with Crippen LogP contribution in [0.1, 0.15) is 86.0 Å². The second-order valence-corrected chi connectivity index (χ2v) is 4.32. The Morgan fingerprint density at radius 3 is 1.81 bits per heavy atom. The van der Waals surface area contributed by atoms with Crippen molar-refractivity contribution in [1.29, 1.82) is 0 Å². The lowest BCUT2D eigenvalue weighted by Gasteiger charge is -2.26. The van der Waals surface area contributed by atoms with Gasteiger partial charge in [0.15, 0.2) is 0 Å². The van der Waals surface area contributed by atoms with Crippen molar-refractivity contribution in [2.24, 2.45) is 5.41 Å². The molecular formula is C15H34O. The van der Waals surface area contributed by atoms with Gasteiger partial charge in [-0.2, -0.15) is 0 Å². The maximum absolute atomic E-state index is 9.32. The molecule has 0 aromatic heterocycles. The van der Waals surface area contributed by atoms with Crippen molar-refractivity contribution in [1.82, 2.24) is 0 Å². The highest BCUT2D eigenvalue weighted by atomic mass is 16.3. The Bertz CT molecular complexity index is 115. The van der Waals surface area contributed by atoms with Gasteiger partial charge in [-0.05, 0) is 24.7 Å². The molecule has 1 nitrogen and oxygen atoms in total. The largest absolute Gasteiger partial charge is 0.396 e. The zero-order valence-electron chi connectivity index (χ0n) is 12.3. The molecule has 1 aliphatic carbocycles. The normalized spacial score (nSPS) is 16.9. The van der Waals surface area contributed by atoms with Crippen LogP contribution < -0.4 is 0 Å². The van der Waals surface area contributed by atoms with Gasteiger partial charge in [-0.3, -0.25) is 0 Å². The first-order chi connectivity index (χ1) is 7.83. The first kappa shape index (κ1) is 18.3. The smallest absolute Gasteiger partial charge is 0.0487 e. The Kier molecular flexibility index (Phi) is 14.9. The Labute approximate surface area is 104 Å². The number of hydrogen-bond acceptors (Lipinski definition) is 1. The van der Waals surface area contributed by atoms with E-state index in [1.54, 1.807) is 0 Å². The average Bonchev–Trinajstić information content (AvgIpc) is 2.84. The molecule has 0 radical (unpaired) electrons. The molecule has 0 spiro atoms. The maximum Gasteiger partial charge on any atom is 0.0487 e. The lowest BCUT2D eigenvalue weighted by Crippen LogP contribution is -2.21. The van der Waals surface area contributed by atoms with Gasteiger partial charge in [0.2, 0.25) is 0 Å². The van der Waals surface area contributed by atoms with Crippen molar-refractivity contribution in [2.75, 3.05) is 6.61 Å². The van der Waals surface area contributed by atoms with Gasteiger partial charge < -0.3 is 5.11 Å². The number of rotatable bonds is 5. The molecule has 0 bridgehead atoms. The predicted octanol–water partition coefficient (Wildman–Crippen LogP) is 5.17. The topological polar surface area (TPSA) is 20.2 Å². The van der Waals surface area contributed by atoms with Gasteiger partial charge in [-0.25, -0.2) is 0 Å². The number of hydrogen-bond donors (Lipinski definition) is 1. The van der Waals surface area contributed by atoms with Crippen LogP contribution in [0, 0.1) is 5.41 Å². The van der Waals surface area contributed by atoms with E-state index in [1.165, 1.54) is 51.4 Å². The van der Waals surface area contributed by atoms with E-state index in [0.717, 1.165) is 0 Å². The molecule has 1 aliphatic rings. The van der Waals surface area contributed by atoms with Crippen LogP contribution in [0.4, 0.5) is 0 Å². The molecular weight excluding hydrogens is 196 g/mol. The minimum atomic E-state index is 0.342. The summed E-state index contributed by atoms with van der Waals surface area (Å²) in [6, 6.07) is 0. The molecule has 16 heavy (non-hydrogen) atoms. The van der Waals surface area contributed by atoms with Gasteiger partial charge in [0, 0.05) is 6.61 Å². The Hall–Kier alpha value is -0.0400. The standard InChI is InChI=1S/C11H22O.2C2H6/c1-2-3-4-7-11(10-12)8-5-6-9-11;2*1-2/h12H,2-10H2,1H3;2*1-2H3. The minimum absolute atomic E-state index is 0.342. The Morgan fingerprint density at radius 2 is 1.44 bits per heavy atom. The molecule has 1 saturated carbocycles. The lowest BCUT2D eigenvalue weighted by atomic mass is 9.82. The Morgan fingerprint density at radius 1 is 0.938 bits per heavy atom.